The summed E-state index contributed by atoms with van der Waals surface area (Å²) in [6, 6.07) is 8.46. The lowest BCUT2D eigenvalue weighted by atomic mass is 9.97. The van der Waals surface area contributed by atoms with Gasteiger partial charge in [0.15, 0.2) is 24.8 Å². The van der Waals surface area contributed by atoms with Gasteiger partial charge in [-0.05, 0) is 31.9 Å². The number of aryl methyl sites for hydroxylation is 4. The van der Waals surface area contributed by atoms with Crippen LogP contribution in [0.4, 0.5) is 0 Å². The second-order valence-electron chi connectivity index (χ2n) is 6.41. The molecule has 2 aromatic heterocycles. The summed E-state index contributed by atoms with van der Waals surface area (Å²) < 4.78 is 4.50. The molecule has 0 fully saturated rings. The predicted octanol–water partition coefficient (Wildman–Crippen LogP) is 1.42. The van der Waals surface area contributed by atoms with Crippen LogP contribution in [0.3, 0.4) is 0 Å². The molecule has 0 saturated carbocycles. The molecule has 0 spiro atoms. The number of hydrogen-bond acceptors (Lipinski definition) is 3. The maximum Gasteiger partial charge on any atom is 0.171 e. The van der Waals surface area contributed by atoms with E-state index in [1.54, 1.807) is 0 Å². The fourth-order valence-corrected chi connectivity index (χ4v) is 2.27. The van der Waals surface area contributed by atoms with E-state index in [1.807, 2.05) is 0 Å². The second kappa shape index (κ2) is 16.0. The summed E-state index contributed by atoms with van der Waals surface area (Å²) in [6.07, 6.45) is 13.7. The summed E-state index contributed by atoms with van der Waals surface area (Å²) in [4.78, 5) is 0. The third-order valence-electron chi connectivity index (χ3n) is 3.66. The molecule has 0 N–H and O–H groups in total. The van der Waals surface area contributed by atoms with E-state index in [2.05, 4.69) is 85.9 Å². The van der Waals surface area contributed by atoms with E-state index < -0.39 is 7.12 Å². The van der Waals surface area contributed by atoms with Gasteiger partial charge in [0.2, 0.25) is 0 Å². The Morgan fingerprint density at radius 3 is 1.52 bits per heavy atom. The molecule has 0 bridgehead atoms. The van der Waals surface area contributed by atoms with Gasteiger partial charge in [-0.2, -0.15) is 0 Å². The Labute approximate surface area is 164 Å². The molecule has 2 rings (SSSR count). The second-order valence-corrected chi connectivity index (χ2v) is 6.41. The van der Waals surface area contributed by atoms with Crippen molar-refractivity contribution in [1.82, 2.24) is 0 Å². The Kier molecular flexibility index (Phi) is 14.7. The first-order valence-electron chi connectivity index (χ1n) is 9.55. The number of hydrogen-bond donors (Lipinski definition) is 0. The molecule has 0 amide bonds. The van der Waals surface area contributed by atoms with Gasteiger partial charge >= 0.3 is 0 Å². The van der Waals surface area contributed by atoms with Crippen LogP contribution in [-0.2, 0) is 13.1 Å². The molecule has 0 aliphatic heterocycles. The van der Waals surface area contributed by atoms with Gasteiger partial charge in [-0.3, -0.25) is 0 Å². The molecule has 0 radical (unpaired) electrons. The molecule has 0 unspecified atom stereocenters. The average Bonchev–Trinajstić information content (AvgIpc) is 2.66. The Morgan fingerprint density at radius 2 is 1.26 bits per heavy atom. The molecule has 2 aromatic rings. The van der Waals surface area contributed by atoms with Crippen LogP contribution >= 0.6 is 0 Å². The van der Waals surface area contributed by atoms with E-state index >= 15 is 0 Å². The molecule has 0 saturated heterocycles. The van der Waals surface area contributed by atoms with Crippen molar-refractivity contribution < 1.29 is 19.2 Å². The summed E-state index contributed by atoms with van der Waals surface area (Å²) in [5.41, 5.74) is 2.67. The first-order valence-corrected chi connectivity index (χ1v) is 9.55. The molecule has 0 aliphatic carbocycles. The third-order valence-corrected chi connectivity index (χ3v) is 3.66. The van der Waals surface area contributed by atoms with Crippen LogP contribution in [0.5, 0.6) is 0 Å². The first kappa shape index (κ1) is 24.8. The normalized spacial score (nSPS) is 9.22. The van der Waals surface area contributed by atoms with Crippen LogP contribution in [0.1, 0.15) is 50.7 Å². The van der Waals surface area contributed by atoms with Crippen molar-refractivity contribution in [2.75, 3.05) is 0 Å². The largest absolute Gasteiger partial charge is 0.881 e. The van der Waals surface area contributed by atoms with Gasteiger partial charge in [0.05, 0.1) is 0 Å². The van der Waals surface area contributed by atoms with E-state index in [0.717, 1.165) is 19.1 Å². The third kappa shape index (κ3) is 14.6. The number of aromatic nitrogens is 2. The minimum Gasteiger partial charge on any atom is -0.881 e. The fourth-order valence-electron chi connectivity index (χ4n) is 2.27. The van der Waals surface area contributed by atoms with Crippen molar-refractivity contribution in [2.45, 2.75) is 66.5 Å². The van der Waals surface area contributed by atoms with E-state index in [-0.39, 0.29) is 0 Å². The quantitative estimate of drug-likeness (QED) is 0.571. The van der Waals surface area contributed by atoms with Crippen LogP contribution in [0.15, 0.2) is 49.1 Å². The lowest BCUT2D eigenvalue weighted by Gasteiger charge is -2.12. The summed E-state index contributed by atoms with van der Waals surface area (Å²) in [5, 5.41) is 25.2. The van der Waals surface area contributed by atoms with Gasteiger partial charge in [-0.1, -0.05) is 26.7 Å². The maximum atomic E-state index is 8.98. The zero-order chi connectivity index (χ0) is 20.5. The molecule has 146 valence electrons. The Balaban J connectivity index is 0.000000405. The highest BCUT2D eigenvalue weighted by atomic mass is 16.4. The van der Waals surface area contributed by atoms with Gasteiger partial charge in [-0.25, -0.2) is 14.4 Å². The van der Waals surface area contributed by atoms with Gasteiger partial charge in [0.25, 0.3) is 0 Å². The zero-order valence-corrected chi connectivity index (χ0v) is 17.1. The van der Waals surface area contributed by atoms with E-state index in [4.69, 9.17) is 15.3 Å². The van der Waals surface area contributed by atoms with Gasteiger partial charge in [0.1, 0.15) is 13.1 Å². The van der Waals surface area contributed by atoms with Gasteiger partial charge < -0.3 is 10.0 Å². The van der Waals surface area contributed by atoms with Crippen molar-refractivity contribution in [3.8, 4) is 5.97 Å². The summed E-state index contributed by atoms with van der Waals surface area (Å²) in [7, 11) is -2.31. The molecular weight excluding hydrogens is 337 g/mol. The molecule has 0 aliphatic rings. The topological polar surface area (TPSA) is 77.7 Å². The SMILES string of the molecule is CCCC[n+]1cccc(C)c1.CCCC[n+]1cccc(C)c1.N#CB([O-])[O-]. The highest BCUT2D eigenvalue weighted by Gasteiger charge is 1.98. The fraction of sp³-hybridized carbons (Fsp3) is 0.476. The van der Waals surface area contributed by atoms with Crippen LogP contribution in [-0.4, -0.2) is 7.12 Å². The smallest absolute Gasteiger partial charge is 0.171 e. The number of nitrogens with zero attached hydrogens (tertiary/aromatic N) is 3. The van der Waals surface area contributed by atoms with Crippen LogP contribution < -0.4 is 19.2 Å². The van der Waals surface area contributed by atoms with Crippen molar-refractivity contribution >= 4 is 7.12 Å². The molecule has 2 heterocycles. The summed E-state index contributed by atoms with van der Waals surface area (Å²) in [6.45, 7) is 11.0. The Morgan fingerprint density at radius 1 is 0.889 bits per heavy atom. The monoisotopic (exact) mass is 369 g/mol. The minimum absolute atomic E-state index is 0.917. The van der Waals surface area contributed by atoms with E-state index in [9.17, 15) is 0 Å². The molecule has 5 nitrogen and oxygen atoms in total. The van der Waals surface area contributed by atoms with Crippen molar-refractivity contribution in [3.05, 3.63) is 60.2 Å². The lowest BCUT2D eigenvalue weighted by Crippen LogP contribution is -2.43. The standard InChI is InChI=1S/2C10H16N.CBNO2/c2*1-3-4-7-11-8-5-6-10(2)9-11;3-1-2(4)5/h2*5-6,8-9H,3-4,7H2,1-2H3;/q2*+1;-2. The zero-order valence-electron chi connectivity index (χ0n) is 17.1. The Bertz CT molecular complexity index is 623. The number of unbranched alkanes of at least 4 members (excludes halogenated alkanes) is 2. The molecular formula is C21H32BN3O2. The molecule has 6 heteroatoms. The average molecular weight is 369 g/mol. The van der Waals surface area contributed by atoms with Gasteiger partial charge in [0, 0.05) is 43.2 Å². The first-order chi connectivity index (χ1) is 12.9. The van der Waals surface area contributed by atoms with E-state index in [0.29, 0.717) is 0 Å². The maximum absolute atomic E-state index is 8.98. The molecule has 0 aromatic carbocycles. The van der Waals surface area contributed by atoms with Crippen LogP contribution in [0.25, 0.3) is 0 Å². The predicted molar refractivity (Wildman–Crippen MR) is 104 cm³/mol. The molecule has 0 atom stereocenters. The van der Waals surface area contributed by atoms with Gasteiger partial charge in [-0.15, -0.1) is 0 Å². The highest BCUT2D eigenvalue weighted by Crippen LogP contribution is 1.92. The van der Waals surface area contributed by atoms with Crippen LogP contribution in [0.2, 0.25) is 0 Å². The number of nitriles is 1. The minimum atomic E-state index is -2.31. The highest BCUT2D eigenvalue weighted by molar-refractivity contribution is 6.46. The number of rotatable bonds is 6. The van der Waals surface area contributed by atoms with Crippen LogP contribution in [0, 0.1) is 25.1 Å². The number of pyridine rings is 2. The van der Waals surface area contributed by atoms with E-state index in [1.165, 1.54) is 36.8 Å². The van der Waals surface area contributed by atoms with Crippen molar-refractivity contribution in [3.63, 3.8) is 0 Å². The molecule has 27 heavy (non-hydrogen) atoms. The summed E-state index contributed by atoms with van der Waals surface area (Å²) >= 11 is 0. The lowest BCUT2D eigenvalue weighted by molar-refractivity contribution is -0.697. The summed E-state index contributed by atoms with van der Waals surface area (Å²) in [5.74, 6) is 0.917. The van der Waals surface area contributed by atoms with Crippen molar-refractivity contribution in [1.29, 1.82) is 5.26 Å². The Hall–Kier alpha value is -2.23. The van der Waals surface area contributed by atoms with Crippen molar-refractivity contribution in [2.24, 2.45) is 0 Å².